The molecule has 1 rings (SSSR count). The molecule has 0 aromatic carbocycles. The minimum Gasteiger partial charge on any atom is -0.478 e. The quantitative estimate of drug-likeness (QED) is 0.631. The number of aromatic nitrogens is 1. The fraction of sp³-hybridized carbons (Fsp3) is 0.357. The first-order valence-corrected chi connectivity index (χ1v) is 6.16. The highest BCUT2D eigenvalue weighted by atomic mass is 16.6. The van der Waals surface area contributed by atoms with E-state index in [0.29, 0.717) is 17.1 Å². The molecule has 0 radical (unpaired) electrons. The number of ether oxygens (including phenoxy) is 2. The Balaban J connectivity index is 2.94. The lowest BCUT2D eigenvalue weighted by molar-refractivity contribution is -0.150. The summed E-state index contributed by atoms with van der Waals surface area (Å²) in [6.45, 7) is 5.31. The molecule has 0 saturated heterocycles. The molecule has 6 heteroatoms. The standard InChI is InChI=1S/C14H17NO5/c1-4-19-14(18)10(3)20-12-7-5-9(2)15-11(12)6-8-13(16)17/h5-8,10H,4H2,1-3H3,(H,16,17). The molecule has 1 N–H and O–H groups in total. The molecule has 1 atom stereocenters. The number of hydrogen-bond acceptors (Lipinski definition) is 5. The van der Waals surface area contributed by atoms with Crippen LogP contribution < -0.4 is 4.74 Å². The normalized spacial score (nSPS) is 12.2. The number of carboxylic acids is 1. The Hall–Kier alpha value is -2.37. The summed E-state index contributed by atoms with van der Waals surface area (Å²) in [5.41, 5.74) is 1.06. The number of esters is 1. The van der Waals surface area contributed by atoms with Crippen molar-refractivity contribution in [1.82, 2.24) is 4.98 Å². The summed E-state index contributed by atoms with van der Waals surface area (Å²) < 4.78 is 10.3. The van der Waals surface area contributed by atoms with Gasteiger partial charge in [-0.25, -0.2) is 14.6 Å². The summed E-state index contributed by atoms with van der Waals surface area (Å²) in [6, 6.07) is 3.35. The maximum Gasteiger partial charge on any atom is 0.347 e. The molecule has 0 saturated carbocycles. The third-order valence-electron chi connectivity index (χ3n) is 2.33. The maximum atomic E-state index is 11.5. The van der Waals surface area contributed by atoms with Crippen molar-refractivity contribution in [2.24, 2.45) is 0 Å². The van der Waals surface area contributed by atoms with Gasteiger partial charge in [-0.2, -0.15) is 0 Å². The molecular formula is C14H17NO5. The highest BCUT2D eigenvalue weighted by Gasteiger charge is 2.17. The van der Waals surface area contributed by atoms with Crippen molar-refractivity contribution in [3.05, 3.63) is 29.6 Å². The predicted octanol–water partition coefficient (Wildman–Crippen LogP) is 1.82. The average molecular weight is 279 g/mol. The van der Waals surface area contributed by atoms with Gasteiger partial charge in [0, 0.05) is 11.8 Å². The van der Waals surface area contributed by atoms with E-state index in [4.69, 9.17) is 14.6 Å². The third kappa shape index (κ3) is 4.72. The number of nitrogens with zero attached hydrogens (tertiary/aromatic N) is 1. The van der Waals surface area contributed by atoms with Gasteiger partial charge in [0.05, 0.1) is 6.61 Å². The van der Waals surface area contributed by atoms with Crippen molar-refractivity contribution in [3.8, 4) is 5.75 Å². The lowest BCUT2D eigenvalue weighted by Gasteiger charge is -2.15. The number of aryl methyl sites for hydroxylation is 1. The van der Waals surface area contributed by atoms with E-state index >= 15 is 0 Å². The van der Waals surface area contributed by atoms with Gasteiger partial charge < -0.3 is 14.6 Å². The summed E-state index contributed by atoms with van der Waals surface area (Å²) >= 11 is 0. The van der Waals surface area contributed by atoms with Gasteiger partial charge in [-0.15, -0.1) is 0 Å². The second-order valence-corrected chi connectivity index (χ2v) is 4.02. The van der Waals surface area contributed by atoms with Gasteiger partial charge >= 0.3 is 11.9 Å². The molecule has 1 aromatic rings. The number of carbonyl (C=O) groups excluding carboxylic acids is 1. The van der Waals surface area contributed by atoms with Crippen molar-refractivity contribution in [2.75, 3.05) is 6.61 Å². The van der Waals surface area contributed by atoms with Crippen LogP contribution in [0, 0.1) is 6.92 Å². The molecule has 0 amide bonds. The van der Waals surface area contributed by atoms with Crippen molar-refractivity contribution < 1.29 is 24.2 Å². The molecule has 1 aromatic heterocycles. The van der Waals surface area contributed by atoms with Crippen LogP contribution in [0.5, 0.6) is 5.75 Å². The first-order valence-electron chi connectivity index (χ1n) is 6.16. The van der Waals surface area contributed by atoms with E-state index in [1.807, 2.05) is 0 Å². The Kier molecular flexibility index (Phi) is 5.71. The molecule has 108 valence electrons. The lowest BCUT2D eigenvalue weighted by atomic mass is 10.2. The van der Waals surface area contributed by atoms with Crippen molar-refractivity contribution >= 4 is 18.0 Å². The first kappa shape index (κ1) is 15.7. The molecule has 20 heavy (non-hydrogen) atoms. The van der Waals surface area contributed by atoms with E-state index in [1.54, 1.807) is 32.9 Å². The van der Waals surface area contributed by atoms with Gasteiger partial charge in [0.2, 0.25) is 0 Å². The number of pyridine rings is 1. The molecule has 0 aliphatic heterocycles. The van der Waals surface area contributed by atoms with Crippen LogP contribution in [0.1, 0.15) is 25.2 Å². The molecule has 1 heterocycles. The van der Waals surface area contributed by atoms with Crippen LogP contribution in [0.25, 0.3) is 6.08 Å². The number of hydrogen-bond donors (Lipinski definition) is 1. The number of aliphatic carboxylic acids is 1. The third-order valence-corrected chi connectivity index (χ3v) is 2.33. The van der Waals surface area contributed by atoms with E-state index < -0.39 is 18.0 Å². The summed E-state index contributed by atoms with van der Waals surface area (Å²) in [7, 11) is 0. The first-order chi connectivity index (χ1) is 9.43. The van der Waals surface area contributed by atoms with Gasteiger partial charge in [0.1, 0.15) is 11.4 Å². The van der Waals surface area contributed by atoms with Crippen LogP contribution in [-0.4, -0.2) is 34.7 Å². The molecule has 0 fully saturated rings. The van der Waals surface area contributed by atoms with Crippen LogP contribution in [0.2, 0.25) is 0 Å². The van der Waals surface area contributed by atoms with E-state index in [0.717, 1.165) is 6.08 Å². The second-order valence-electron chi connectivity index (χ2n) is 4.02. The van der Waals surface area contributed by atoms with E-state index in [9.17, 15) is 9.59 Å². The Morgan fingerprint density at radius 3 is 2.75 bits per heavy atom. The summed E-state index contributed by atoms with van der Waals surface area (Å²) in [4.78, 5) is 26.2. The van der Waals surface area contributed by atoms with E-state index in [2.05, 4.69) is 4.98 Å². The molecule has 6 nitrogen and oxygen atoms in total. The lowest BCUT2D eigenvalue weighted by Crippen LogP contribution is -2.26. The summed E-state index contributed by atoms with van der Waals surface area (Å²) in [5.74, 6) is -1.24. The Bertz CT molecular complexity index is 524. The highest BCUT2D eigenvalue weighted by molar-refractivity contribution is 5.85. The smallest absolute Gasteiger partial charge is 0.347 e. The van der Waals surface area contributed by atoms with Crippen LogP contribution in [-0.2, 0) is 14.3 Å². The summed E-state index contributed by atoms with van der Waals surface area (Å²) in [6.07, 6.45) is 1.49. The van der Waals surface area contributed by atoms with Gasteiger partial charge in [0.25, 0.3) is 0 Å². The zero-order valence-electron chi connectivity index (χ0n) is 11.6. The van der Waals surface area contributed by atoms with Crippen LogP contribution in [0.15, 0.2) is 18.2 Å². The molecule has 1 unspecified atom stereocenters. The van der Waals surface area contributed by atoms with Gasteiger partial charge in [0.15, 0.2) is 6.10 Å². The molecule has 0 spiro atoms. The average Bonchev–Trinajstić information content (AvgIpc) is 2.39. The van der Waals surface area contributed by atoms with Crippen LogP contribution >= 0.6 is 0 Å². The maximum absolute atomic E-state index is 11.5. The van der Waals surface area contributed by atoms with Crippen molar-refractivity contribution in [1.29, 1.82) is 0 Å². The minimum absolute atomic E-state index is 0.268. The van der Waals surface area contributed by atoms with Gasteiger partial charge in [-0.05, 0) is 39.0 Å². The Morgan fingerprint density at radius 1 is 1.45 bits per heavy atom. The highest BCUT2D eigenvalue weighted by Crippen LogP contribution is 2.20. The number of carbonyl (C=O) groups is 2. The van der Waals surface area contributed by atoms with Crippen LogP contribution in [0.3, 0.4) is 0 Å². The molecular weight excluding hydrogens is 262 g/mol. The Labute approximate surface area is 117 Å². The SMILES string of the molecule is CCOC(=O)C(C)Oc1ccc(C)nc1C=CC(=O)O. The zero-order valence-corrected chi connectivity index (χ0v) is 11.6. The summed E-state index contributed by atoms with van der Waals surface area (Å²) in [5, 5.41) is 8.65. The minimum atomic E-state index is -1.09. The second kappa shape index (κ2) is 7.28. The van der Waals surface area contributed by atoms with Crippen LogP contribution in [0.4, 0.5) is 0 Å². The number of rotatable bonds is 6. The van der Waals surface area contributed by atoms with Crippen molar-refractivity contribution in [2.45, 2.75) is 26.9 Å². The monoisotopic (exact) mass is 279 g/mol. The fourth-order valence-corrected chi connectivity index (χ4v) is 1.43. The van der Waals surface area contributed by atoms with E-state index in [-0.39, 0.29) is 6.61 Å². The topological polar surface area (TPSA) is 85.7 Å². The molecule has 0 aliphatic carbocycles. The zero-order chi connectivity index (χ0) is 15.1. The largest absolute Gasteiger partial charge is 0.478 e. The molecule has 0 aliphatic rings. The Morgan fingerprint density at radius 2 is 2.15 bits per heavy atom. The molecule has 0 bridgehead atoms. The fourth-order valence-electron chi connectivity index (χ4n) is 1.43. The van der Waals surface area contributed by atoms with Gasteiger partial charge in [-0.1, -0.05) is 0 Å². The van der Waals surface area contributed by atoms with E-state index in [1.165, 1.54) is 6.08 Å². The van der Waals surface area contributed by atoms with Gasteiger partial charge in [-0.3, -0.25) is 0 Å². The number of carboxylic acid groups (broad SMARTS) is 1. The predicted molar refractivity (Wildman–Crippen MR) is 72.4 cm³/mol. The van der Waals surface area contributed by atoms with Crippen molar-refractivity contribution in [3.63, 3.8) is 0 Å².